The molecule has 0 bridgehead atoms. The van der Waals surface area contributed by atoms with E-state index in [9.17, 15) is 18.0 Å². The van der Waals surface area contributed by atoms with Crippen molar-refractivity contribution >= 4 is 27.8 Å². The minimum Gasteiger partial charge on any atom is -0.336 e. The summed E-state index contributed by atoms with van der Waals surface area (Å²) in [5, 5.41) is 8.19. The molecule has 1 saturated heterocycles. The van der Waals surface area contributed by atoms with E-state index in [0.717, 1.165) is 9.87 Å². The highest BCUT2D eigenvalue weighted by Gasteiger charge is 2.38. The van der Waals surface area contributed by atoms with Crippen molar-refractivity contribution in [2.45, 2.75) is 44.2 Å². The molecule has 2 aromatic rings. The predicted octanol–water partition coefficient (Wildman–Crippen LogP) is 3.23. The fourth-order valence-electron chi connectivity index (χ4n) is 3.29. The zero-order valence-electron chi connectivity index (χ0n) is 17.2. The molecule has 0 unspecified atom stereocenters. The molecule has 2 aromatic carbocycles. The van der Waals surface area contributed by atoms with E-state index < -0.39 is 22.1 Å². The summed E-state index contributed by atoms with van der Waals surface area (Å²) < 4.78 is 27.1. The summed E-state index contributed by atoms with van der Waals surface area (Å²) in [6.45, 7) is 5.58. The SMILES string of the molecule is CCc1cc(S(=O)(=O)N2C[C@H](c3ccccc3)NC2=O)ccc1NC(=O)NC(C)C. The maximum absolute atomic E-state index is 13.1. The number of urea groups is 2. The van der Waals surface area contributed by atoms with Crippen molar-refractivity contribution in [1.82, 2.24) is 14.9 Å². The van der Waals surface area contributed by atoms with Crippen LogP contribution in [0.15, 0.2) is 53.4 Å². The van der Waals surface area contributed by atoms with E-state index in [1.54, 1.807) is 6.07 Å². The monoisotopic (exact) mass is 430 g/mol. The molecule has 0 aliphatic carbocycles. The van der Waals surface area contributed by atoms with Gasteiger partial charge in [-0.2, -0.15) is 0 Å². The Balaban J connectivity index is 1.84. The number of anilines is 1. The molecule has 9 heteroatoms. The second-order valence-corrected chi connectivity index (χ2v) is 9.24. The Morgan fingerprint density at radius 1 is 1.20 bits per heavy atom. The third kappa shape index (κ3) is 4.56. The average Bonchev–Trinajstić information content (AvgIpc) is 3.10. The maximum Gasteiger partial charge on any atom is 0.331 e. The molecular formula is C21H26N4O4S. The second-order valence-electron chi connectivity index (χ2n) is 7.37. The molecule has 1 atom stereocenters. The standard InChI is InChI=1S/C21H26N4O4S/c1-4-15-12-17(10-11-18(15)23-20(26)22-14(2)3)30(28,29)25-13-19(24-21(25)27)16-8-6-5-7-9-16/h5-12,14,19H,4,13H2,1-3H3,(H,24,27)(H2,22,23,26)/t19-/m1/s1. The van der Waals surface area contributed by atoms with Crippen LogP contribution in [-0.2, 0) is 16.4 Å². The van der Waals surface area contributed by atoms with Crippen molar-refractivity contribution in [3.8, 4) is 0 Å². The van der Waals surface area contributed by atoms with Gasteiger partial charge in [0.1, 0.15) is 0 Å². The van der Waals surface area contributed by atoms with Crippen LogP contribution in [0.4, 0.5) is 15.3 Å². The molecular weight excluding hydrogens is 404 g/mol. The highest BCUT2D eigenvalue weighted by Crippen LogP contribution is 2.28. The van der Waals surface area contributed by atoms with Gasteiger partial charge in [-0.05, 0) is 49.6 Å². The molecule has 3 N–H and O–H groups in total. The Kier molecular flexibility index (Phi) is 6.31. The molecule has 8 nitrogen and oxygen atoms in total. The minimum atomic E-state index is -4.03. The number of sulfonamides is 1. The maximum atomic E-state index is 13.1. The first-order valence-electron chi connectivity index (χ1n) is 9.81. The Hall–Kier alpha value is -3.07. The molecule has 0 spiro atoms. The Labute approximate surface area is 176 Å². The smallest absolute Gasteiger partial charge is 0.331 e. The van der Waals surface area contributed by atoms with Gasteiger partial charge in [-0.1, -0.05) is 37.3 Å². The van der Waals surface area contributed by atoms with Crippen molar-refractivity contribution in [2.24, 2.45) is 0 Å². The number of nitrogens with zero attached hydrogens (tertiary/aromatic N) is 1. The number of amides is 4. The van der Waals surface area contributed by atoms with Crippen LogP contribution in [-0.4, -0.2) is 37.4 Å². The van der Waals surface area contributed by atoms with Crippen LogP contribution in [0.25, 0.3) is 0 Å². The van der Waals surface area contributed by atoms with Crippen LogP contribution in [0.2, 0.25) is 0 Å². The van der Waals surface area contributed by atoms with Gasteiger partial charge in [-0.3, -0.25) is 0 Å². The normalized spacial score (nSPS) is 16.5. The number of carbonyl (C=O) groups is 2. The van der Waals surface area contributed by atoms with Gasteiger partial charge >= 0.3 is 12.1 Å². The molecule has 1 aliphatic rings. The third-order valence-electron chi connectivity index (χ3n) is 4.79. The summed E-state index contributed by atoms with van der Waals surface area (Å²) in [6.07, 6.45) is 0.513. The minimum absolute atomic E-state index is 0.0121. The van der Waals surface area contributed by atoms with Crippen LogP contribution < -0.4 is 16.0 Å². The van der Waals surface area contributed by atoms with Gasteiger partial charge < -0.3 is 16.0 Å². The van der Waals surface area contributed by atoms with Gasteiger partial charge in [-0.25, -0.2) is 22.3 Å². The number of hydrogen-bond acceptors (Lipinski definition) is 4. The predicted molar refractivity (Wildman–Crippen MR) is 115 cm³/mol. The molecule has 0 radical (unpaired) electrons. The second kappa shape index (κ2) is 8.74. The van der Waals surface area contributed by atoms with E-state index >= 15 is 0 Å². The summed E-state index contributed by atoms with van der Waals surface area (Å²) in [5.41, 5.74) is 2.03. The van der Waals surface area contributed by atoms with E-state index in [1.165, 1.54) is 12.1 Å². The van der Waals surface area contributed by atoms with Crippen LogP contribution in [0.3, 0.4) is 0 Å². The molecule has 30 heavy (non-hydrogen) atoms. The highest BCUT2D eigenvalue weighted by molar-refractivity contribution is 7.89. The Morgan fingerprint density at radius 2 is 1.90 bits per heavy atom. The van der Waals surface area contributed by atoms with E-state index in [4.69, 9.17) is 0 Å². The number of carbonyl (C=O) groups excluding carboxylic acids is 2. The molecule has 3 rings (SSSR count). The molecule has 1 fully saturated rings. The van der Waals surface area contributed by atoms with Crippen LogP contribution in [0.5, 0.6) is 0 Å². The van der Waals surface area contributed by atoms with Gasteiger partial charge in [0.15, 0.2) is 0 Å². The van der Waals surface area contributed by atoms with E-state index in [1.807, 2.05) is 51.1 Å². The van der Waals surface area contributed by atoms with Crippen molar-refractivity contribution < 1.29 is 18.0 Å². The zero-order valence-corrected chi connectivity index (χ0v) is 18.0. The summed E-state index contributed by atoms with van der Waals surface area (Å²) in [5.74, 6) is 0. The van der Waals surface area contributed by atoms with Crippen molar-refractivity contribution in [3.05, 3.63) is 59.7 Å². The first kappa shape index (κ1) is 21.6. The van der Waals surface area contributed by atoms with Crippen LogP contribution in [0.1, 0.15) is 37.9 Å². The molecule has 4 amide bonds. The molecule has 160 valence electrons. The van der Waals surface area contributed by atoms with E-state index in [0.29, 0.717) is 17.7 Å². The first-order valence-corrected chi connectivity index (χ1v) is 11.2. The van der Waals surface area contributed by atoms with Gasteiger partial charge in [0, 0.05) is 11.7 Å². The highest BCUT2D eigenvalue weighted by atomic mass is 32.2. The van der Waals surface area contributed by atoms with Gasteiger partial charge in [0.2, 0.25) is 0 Å². The molecule has 0 aromatic heterocycles. The lowest BCUT2D eigenvalue weighted by Crippen LogP contribution is -2.35. The number of benzene rings is 2. The largest absolute Gasteiger partial charge is 0.336 e. The number of rotatable bonds is 6. The number of nitrogens with one attached hydrogen (secondary N) is 3. The third-order valence-corrected chi connectivity index (χ3v) is 6.53. The quantitative estimate of drug-likeness (QED) is 0.654. The number of aryl methyl sites for hydroxylation is 1. The summed E-state index contributed by atoms with van der Waals surface area (Å²) in [4.78, 5) is 24.4. The fraction of sp³-hybridized carbons (Fsp3) is 0.333. The van der Waals surface area contributed by atoms with E-state index in [-0.39, 0.29) is 23.5 Å². The van der Waals surface area contributed by atoms with Gasteiger partial charge in [0.05, 0.1) is 17.5 Å². The molecule has 1 aliphatic heterocycles. The Morgan fingerprint density at radius 3 is 2.53 bits per heavy atom. The molecule has 0 saturated carbocycles. The van der Waals surface area contributed by atoms with Crippen molar-refractivity contribution in [3.63, 3.8) is 0 Å². The lowest BCUT2D eigenvalue weighted by atomic mass is 10.1. The van der Waals surface area contributed by atoms with Crippen LogP contribution >= 0.6 is 0 Å². The summed E-state index contributed by atoms with van der Waals surface area (Å²) in [6, 6.07) is 12.2. The van der Waals surface area contributed by atoms with Crippen molar-refractivity contribution in [2.75, 3.05) is 11.9 Å². The average molecular weight is 431 g/mol. The van der Waals surface area contributed by atoms with Crippen molar-refractivity contribution in [1.29, 1.82) is 0 Å². The van der Waals surface area contributed by atoms with Gasteiger partial charge in [0.25, 0.3) is 10.0 Å². The number of hydrogen-bond donors (Lipinski definition) is 3. The van der Waals surface area contributed by atoms with E-state index in [2.05, 4.69) is 16.0 Å². The topological polar surface area (TPSA) is 108 Å². The van der Waals surface area contributed by atoms with Gasteiger partial charge in [-0.15, -0.1) is 0 Å². The lowest BCUT2D eigenvalue weighted by molar-refractivity contribution is 0.235. The first-order chi connectivity index (χ1) is 14.2. The fourth-order valence-corrected chi connectivity index (χ4v) is 4.69. The molecule has 1 heterocycles. The summed E-state index contributed by atoms with van der Waals surface area (Å²) >= 11 is 0. The zero-order chi connectivity index (χ0) is 21.9. The van der Waals surface area contributed by atoms with Crippen LogP contribution in [0, 0.1) is 0 Å². The Bertz CT molecular complexity index is 1040. The lowest BCUT2D eigenvalue weighted by Gasteiger charge is -2.18. The summed E-state index contributed by atoms with van der Waals surface area (Å²) in [7, 11) is -4.03.